The molecular formula is C28H31FN2O. The van der Waals surface area contributed by atoms with Gasteiger partial charge in [-0.2, -0.15) is 0 Å². The van der Waals surface area contributed by atoms with E-state index in [9.17, 15) is 4.39 Å². The van der Waals surface area contributed by atoms with Gasteiger partial charge in [-0.15, -0.1) is 0 Å². The number of anilines is 1. The van der Waals surface area contributed by atoms with Crippen LogP contribution in [0.4, 0.5) is 10.1 Å². The Hall–Kier alpha value is -2.85. The summed E-state index contributed by atoms with van der Waals surface area (Å²) < 4.78 is 19.3. The summed E-state index contributed by atoms with van der Waals surface area (Å²) in [6, 6.07) is 24.3. The standard InChI is InChI=1S/C28H31FN2O/c29-24-9-11-25(12-10-24)31-18-16-30(17-19-31)15-4-20-32-26-13-7-23-8-14-27(28(23)21-26)22-5-2-1-3-6-22/h1-3,5-7,9-13,21,27H,4,8,14-20H2. The Labute approximate surface area is 190 Å². The van der Waals surface area contributed by atoms with E-state index in [1.807, 2.05) is 12.1 Å². The molecule has 2 aliphatic rings. The van der Waals surface area contributed by atoms with Gasteiger partial charge in [0.1, 0.15) is 11.6 Å². The lowest BCUT2D eigenvalue weighted by molar-refractivity contribution is 0.224. The second-order valence-electron chi connectivity index (χ2n) is 8.87. The van der Waals surface area contributed by atoms with Crippen molar-refractivity contribution in [3.05, 3.63) is 95.3 Å². The topological polar surface area (TPSA) is 15.7 Å². The second-order valence-corrected chi connectivity index (χ2v) is 8.87. The Morgan fingerprint density at radius 3 is 2.44 bits per heavy atom. The minimum absolute atomic E-state index is 0.175. The molecule has 1 atom stereocenters. The number of aryl methyl sites for hydroxylation is 1. The van der Waals surface area contributed by atoms with E-state index in [0.29, 0.717) is 5.92 Å². The fourth-order valence-corrected chi connectivity index (χ4v) is 5.06. The van der Waals surface area contributed by atoms with Gasteiger partial charge in [0.2, 0.25) is 0 Å². The summed E-state index contributed by atoms with van der Waals surface area (Å²) in [6.45, 7) is 5.84. The van der Waals surface area contributed by atoms with Crippen LogP contribution >= 0.6 is 0 Å². The molecule has 166 valence electrons. The van der Waals surface area contributed by atoms with Crippen LogP contribution in [0.1, 0.15) is 35.4 Å². The van der Waals surface area contributed by atoms with Gasteiger partial charge in [0.25, 0.3) is 0 Å². The highest BCUT2D eigenvalue weighted by molar-refractivity contribution is 5.47. The molecule has 1 fully saturated rings. The molecule has 32 heavy (non-hydrogen) atoms. The third-order valence-electron chi connectivity index (χ3n) is 6.85. The first-order valence-electron chi connectivity index (χ1n) is 11.8. The van der Waals surface area contributed by atoms with Crippen molar-refractivity contribution in [2.24, 2.45) is 0 Å². The first kappa shape index (κ1) is 21.0. The number of rotatable bonds is 7. The normalized spacial score (nSPS) is 18.5. The molecule has 1 unspecified atom stereocenters. The zero-order valence-electron chi connectivity index (χ0n) is 18.6. The monoisotopic (exact) mass is 430 g/mol. The minimum atomic E-state index is -0.175. The van der Waals surface area contributed by atoms with Crippen molar-refractivity contribution in [3.63, 3.8) is 0 Å². The largest absolute Gasteiger partial charge is 0.494 e. The first-order chi connectivity index (χ1) is 15.8. The molecule has 1 aliphatic heterocycles. The van der Waals surface area contributed by atoms with Crippen molar-refractivity contribution >= 4 is 5.69 Å². The summed E-state index contributed by atoms with van der Waals surface area (Å²) in [7, 11) is 0. The SMILES string of the molecule is Fc1ccc(N2CCN(CCCOc3ccc4c(c3)C(c3ccccc3)CC4)CC2)cc1. The minimum Gasteiger partial charge on any atom is -0.494 e. The van der Waals surface area contributed by atoms with E-state index in [1.165, 1.54) is 23.1 Å². The summed E-state index contributed by atoms with van der Waals surface area (Å²) in [5.74, 6) is 1.31. The van der Waals surface area contributed by atoms with E-state index in [4.69, 9.17) is 4.74 Å². The Bertz CT molecular complexity index is 1010. The fraction of sp³-hybridized carbons (Fsp3) is 0.357. The van der Waals surface area contributed by atoms with Gasteiger partial charge in [0.15, 0.2) is 0 Å². The summed E-state index contributed by atoms with van der Waals surface area (Å²) >= 11 is 0. The molecule has 0 bridgehead atoms. The van der Waals surface area contributed by atoms with Gasteiger partial charge < -0.3 is 9.64 Å². The molecule has 3 aromatic carbocycles. The molecule has 1 heterocycles. The zero-order chi connectivity index (χ0) is 21.8. The summed E-state index contributed by atoms with van der Waals surface area (Å²) in [5.41, 5.74) is 5.42. The molecular weight excluding hydrogens is 399 g/mol. The smallest absolute Gasteiger partial charge is 0.123 e. The molecule has 0 spiro atoms. The number of ether oxygens (including phenoxy) is 1. The van der Waals surface area contributed by atoms with Crippen LogP contribution in [-0.2, 0) is 6.42 Å². The summed E-state index contributed by atoms with van der Waals surface area (Å²) in [4.78, 5) is 4.83. The van der Waals surface area contributed by atoms with Crippen LogP contribution in [0.15, 0.2) is 72.8 Å². The maximum absolute atomic E-state index is 13.1. The second kappa shape index (κ2) is 9.74. The molecule has 5 rings (SSSR count). The molecule has 0 amide bonds. The number of fused-ring (bicyclic) bond motifs is 1. The predicted octanol–water partition coefficient (Wildman–Crippen LogP) is 5.49. The van der Waals surface area contributed by atoms with Gasteiger partial charge in [0, 0.05) is 44.3 Å². The van der Waals surface area contributed by atoms with E-state index >= 15 is 0 Å². The molecule has 4 heteroatoms. The van der Waals surface area contributed by atoms with E-state index in [1.54, 1.807) is 12.1 Å². The number of benzene rings is 3. The van der Waals surface area contributed by atoms with E-state index in [-0.39, 0.29) is 5.82 Å². The van der Waals surface area contributed by atoms with Crippen molar-refractivity contribution < 1.29 is 9.13 Å². The molecule has 3 aromatic rings. The molecule has 0 aromatic heterocycles. The summed E-state index contributed by atoms with van der Waals surface area (Å²) in [6.07, 6.45) is 3.36. The lowest BCUT2D eigenvalue weighted by Crippen LogP contribution is -2.46. The van der Waals surface area contributed by atoms with Gasteiger partial charge in [0.05, 0.1) is 6.61 Å². The van der Waals surface area contributed by atoms with Crippen molar-refractivity contribution in [1.29, 1.82) is 0 Å². The van der Waals surface area contributed by atoms with E-state index in [0.717, 1.165) is 63.6 Å². The zero-order valence-corrected chi connectivity index (χ0v) is 18.6. The van der Waals surface area contributed by atoms with Crippen LogP contribution < -0.4 is 9.64 Å². The third-order valence-corrected chi connectivity index (χ3v) is 6.85. The predicted molar refractivity (Wildman–Crippen MR) is 128 cm³/mol. The lowest BCUT2D eigenvalue weighted by Gasteiger charge is -2.36. The first-order valence-corrected chi connectivity index (χ1v) is 11.8. The third kappa shape index (κ3) is 4.81. The molecule has 1 saturated heterocycles. The van der Waals surface area contributed by atoms with Crippen LogP contribution in [0.2, 0.25) is 0 Å². The van der Waals surface area contributed by atoms with Crippen LogP contribution in [-0.4, -0.2) is 44.2 Å². The van der Waals surface area contributed by atoms with Crippen molar-refractivity contribution in [3.8, 4) is 5.75 Å². The van der Waals surface area contributed by atoms with Crippen LogP contribution in [0.3, 0.4) is 0 Å². The van der Waals surface area contributed by atoms with Crippen molar-refractivity contribution in [2.75, 3.05) is 44.2 Å². The number of hydrogen-bond acceptors (Lipinski definition) is 3. The highest BCUT2D eigenvalue weighted by Crippen LogP contribution is 2.39. The highest BCUT2D eigenvalue weighted by Gasteiger charge is 2.24. The average Bonchev–Trinajstić information content (AvgIpc) is 3.27. The Kier molecular flexibility index (Phi) is 6.40. The van der Waals surface area contributed by atoms with Gasteiger partial charge in [-0.1, -0.05) is 36.4 Å². The fourth-order valence-electron chi connectivity index (χ4n) is 5.06. The van der Waals surface area contributed by atoms with E-state index < -0.39 is 0 Å². The Balaban J connectivity index is 1.08. The maximum Gasteiger partial charge on any atom is 0.123 e. The van der Waals surface area contributed by atoms with Gasteiger partial charge in [-0.05, 0) is 72.4 Å². The van der Waals surface area contributed by atoms with Crippen LogP contribution in [0.5, 0.6) is 5.75 Å². The highest BCUT2D eigenvalue weighted by atomic mass is 19.1. The number of piperazine rings is 1. The van der Waals surface area contributed by atoms with Gasteiger partial charge in [-0.3, -0.25) is 4.90 Å². The van der Waals surface area contributed by atoms with E-state index in [2.05, 4.69) is 58.3 Å². The number of hydrogen-bond donors (Lipinski definition) is 0. The maximum atomic E-state index is 13.1. The average molecular weight is 431 g/mol. The molecule has 0 saturated carbocycles. The molecule has 3 nitrogen and oxygen atoms in total. The molecule has 0 N–H and O–H groups in total. The molecule has 0 radical (unpaired) electrons. The van der Waals surface area contributed by atoms with Crippen molar-refractivity contribution in [1.82, 2.24) is 4.90 Å². The summed E-state index contributed by atoms with van der Waals surface area (Å²) in [5, 5.41) is 0. The van der Waals surface area contributed by atoms with Crippen molar-refractivity contribution in [2.45, 2.75) is 25.2 Å². The Morgan fingerprint density at radius 2 is 1.66 bits per heavy atom. The molecule has 1 aliphatic carbocycles. The number of halogens is 1. The van der Waals surface area contributed by atoms with Crippen LogP contribution in [0, 0.1) is 5.82 Å². The Morgan fingerprint density at radius 1 is 0.875 bits per heavy atom. The van der Waals surface area contributed by atoms with Gasteiger partial charge in [-0.25, -0.2) is 4.39 Å². The lowest BCUT2D eigenvalue weighted by atomic mass is 9.93. The van der Waals surface area contributed by atoms with Crippen LogP contribution in [0.25, 0.3) is 0 Å². The quantitative estimate of drug-likeness (QED) is 0.461. The van der Waals surface area contributed by atoms with Gasteiger partial charge >= 0.3 is 0 Å². The number of nitrogens with zero attached hydrogens (tertiary/aromatic N) is 2.